The molecule has 0 saturated carbocycles. The lowest BCUT2D eigenvalue weighted by atomic mass is 9.94. The van der Waals surface area contributed by atoms with Gasteiger partial charge in [0, 0.05) is 25.0 Å². The average Bonchev–Trinajstić information content (AvgIpc) is 3.09. The van der Waals surface area contributed by atoms with Crippen molar-refractivity contribution in [1.82, 2.24) is 9.88 Å². The average molecular weight is 479 g/mol. The Kier molecular flexibility index (Phi) is 6.56. The number of pyridine rings is 1. The van der Waals surface area contributed by atoms with Gasteiger partial charge in [0.25, 0.3) is 11.7 Å². The quantitative estimate of drug-likeness (QED) is 0.314. The van der Waals surface area contributed by atoms with Crippen LogP contribution in [0.2, 0.25) is 5.02 Å². The van der Waals surface area contributed by atoms with Gasteiger partial charge in [-0.1, -0.05) is 47.5 Å². The van der Waals surface area contributed by atoms with Crippen molar-refractivity contribution in [2.24, 2.45) is 0 Å². The summed E-state index contributed by atoms with van der Waals surface area (Å²) in [4.78, 5) is 32.0. The second-order valence-corrected chi connectivity index (χ2v) is 8.30. The number of aliphatic hydroxyl groups is 1. The topological polar surface area (TPSA) is 89.0 Å². The fraction of sp³-hybridized carbons (Fsp3) is 0.192. The molecule has 2 aromatic carbocycles. The Hall–Kier alpha value is -3.84. The van der Waals surface area contributed by atoms with Crippen LogP contribution in [0.1, 0.15) is 28.3 Å². The second kappa shape index (κ2) is 9.57. The molecular weight excluding hydrogens is 456 g/mol. The molecule has 8 heteroatoms. The minimum atomic E-state index is -0.813. The number of carbonyl (C=O) groups excluding carboxylic acids is 2. The Balaban J connectivity index is 1.93. The lowest BCUT2D eigenvalue weighted by Crippen LogP contribution is -2.29. The van der Waals surface area contributed by atoms with Crippen molar-refractivity contribution in [3.8, 4) is 11.5 Å². The largest absolute Gasteiger partial charge is 0.507 e. The monoisotopic (exact) mass is 478 g/mol. The summed E-state index contributed by atoms with van der Waals surface area (Å²) in [7, 11) is 2.87. The Morgan fingerprint density at radius 1 is 1.09 bits per heavy atom. The number of likely N-dealkylation sites (tertiary alicyclic amines) is 1. The van der Waals surface area contributed by atoms with Crippen LogP contribution in [0.4, 0.5) is 0 Å². The number of aromatic nitrogens is 1. The van der Waals surface area contributed by atoms with Gasteiger partial charge in [-0.05, 0) is 30.2 Å². The molecule has 0 aliphatic carbocycles. The summed E-state index contributed by atoms with van der Waals surface area (Å²) in [6.07, 6.45) is 3.27. The van der Waals surface area contributed by atoms with Crippen molar-refractivity contribution in [3.63, 3.8) is 0 Å². The van der Waals surface area contributed by atoms with E-state index < -0.39 is 17.7 Å². The number of ether oxygens (including phenoxy) is 2. The number of Topliss-reactive ketones (excluding diaryl/α,β-unsaturated/α-hetero) is 1. The van der Waals surface area contributed by atoms with Crippen molar-refractivity contribution in [2.75, 3.05) is 14.2 Å². The molecule has 0 radical (unpaired) electrons. The molecule has 1 aliphatic heterocycles. The van der Waals surface area contributed by atoms with Crippen LogP contribution < -0.4 is 9.47 Å². The number of halogens is 1. The fourth-order valence-electron chi connectivity index (χ4n) is 4.11. The smallest absolute Gasteiger partial charge is 0.295 e. The van der Waals surface area contributed by atoms with E-state index in [2.05, 4.69) is 4.98 Å². The number of carbonyl (C=O) groups is 2. The molecule has 174 valence electrons. The van der Waals surface area contributed by atoms with Gasteiger partial charge in [-0.3, -0.25) is 14.6 Å². The molecule has 2 heterocycles. The molecular formula is C26H23ClN2O5. The Bertz CT molecular complexity index is 1290. The number of aliphatic hydroxyl groups excluding tert-OH is 1. The Morgan fingerprint density at radius 2 is 1.85 bits per heavy atom. The zero-order valence-electron chi connectivity index (χ0n) is 18.9. The highest BCUT2D eigenvalue weighted by atomic mass is 35.5. The summed E-state index contributed by atoms with van der Waals surface area (Å²) in [5.74, 6) is -1.34. The summed E-state index contributed by atoms with van der Waals surface area (Å²) in [6.45, 7) is 2.07. The van der Waals surface area contributed by atoms with Crippen molar-refractivity contribution < 1.29 is 24.2 Å². The molecule has 0 spiro atoms. The third-order valence-electron chi connectivity index (χ3n) is 5.70. The normalized spacial score (nSPS) is 17.2. The van der Waals surface area contributed by atoms with Gasteiger partial charge in [-0.25, -0.2) is 0 Å². The highest BCUT2D eigenvalue weighted by Crippen LogP contribution is 2.43. The van der Waals surface area contributed by atoms with Crippen LogP contribution in [0.5, 0.6) is 11.5 Å². The van der Waals surface area contributed by atoms with Crippen molar-refractivity contribution in [1.29, 1.82) is 0 Å². The first-order chi connectivity index (χ1) is 16.3. The van der Waals surface area contributed by atoms with Crippen molar-refractivity contribution >= 4 is 29.1 Å². The van der Waals surface area contributed by atoms with E-state index >= 15 is 0 Å². The number of hydrogen-bond acceptors (Lipinski definition) is 6. The zero-order valence-corrected chi connectivity index (χ0v) is 19.7. The van der Waals surface area contributed by atoms with E-state index in [4.69, 9.17) is 21.1 Å². The lowest BCUT2D eigenvalue weighted by Gasteiger charge is -2.26. The Labute approximate surface area is 202 Å². The number of amides is 1. The van der Waals surface area contributed by atoms with Gasteiger partial charge in [0.1, 0.15) is 17.3 Å². The maximum Gasteiger partial charge on any atom is 0.295 e. The third-order valence-corrected chi connectivity index (χ3v) is 6.00. The van der Waals surface area contributed by atoms with E-state index in [0.29, 0.717) is 11.3 Å². The molecule has 7 nitrogen and oxygen atoms in total. The number of nitrogens with zero attached hydrogens (tertiary/aromatic N) is 2. The third kappa shape index (κ3) is 4.22. The van der Waals surface area contributed by atoms with Gasteiger partial charge >= 0.3 is 0 Å². The minimum absolute atomic E-state index is 0.0397. The van der Waals surface area contributed by atoms with Crippen LogP contribution in [0, 0.1) is 6.92 Å². The maximum atomic E-state index is 13.3. The van der Waals surface area contributed by atoms with Crippen LogP contribution in [0.3, 0.4) is 0 Å². The number of benzene rings is 2. The van der Waals surface area contributed by atoms with Gasteiger partial charge in [0.2, 0.25) is 0 Å². The maximum absolute atomic E-state index is 13.3. The van der Waals surface area contributed by atoms with Crippen molar-refractivity contribution in [3.05, 3.63) is 93.8 Å². The molecule has 1 saturated heterocycles. The predicted octanol–water partition coefficient (Wildman–Crippen LogP) is 4.68. The number of methoxy groups -OCH3 is 2. The summed E-state index contributed by atoms with van der Waals surface area (Å²) < 4.78 is 10.7. The molecule has 4 rings (SSSR count). The van der Waals surface area contributed by atoms with Gasteiger partial charge in [-0.2, -0.15) is 0 Å². The molecule has 3 aromatic rings. The van der Waals surface area contributed by atoms with Crippen LogP contribution in [0.15, 0.2) is 66.5 Å². The minimum Gasteiger partial charge on any atom is -0.507 e. The van der Waals surface area contributed by atoms with Crippen LogP contribution >= 0.6 is 11.6 Å². The van der Waals surface area contributed by atoms with E-state index in [-0.39, 0.29) is 34.2 Å². The van der Waals surface area contributed by atoms with Gasteiger partial charge in [-0.15, -0.1) is 0 Å². The van der Waals surface area contributed by atoms with Crippen molar-refractivity contribution in [2.45, 2.75) is 19.5 Å². The fourth-order valence-corrected chi connectivity index (χ4v) is 4.34. The molecule has 1 atom stereocenters. The standard InChI is InChI=1S/C26H23ClN2O5/c1-15-6-4-8-17(10-15)23-22(24(30)18-11-21(34-3)19(27)12-20(18)33-2)25(31)26(32)29(23)14-16-7-5-9-28-13-16/h4-13,23,30H,14H2,1-3H3/b24-22+. The number of rotatable bonds is 6. The first-order valence-electron chi connectivity index (χ1n) is 10.5. The molecule has 1 unspecified atom stereocenters. The van der Waals surface area contributed by atoms with Gasteiger partial charge in [0.15, 0.2) is 0 Å². The van der Waals surface area contributed by atoms with E-state index in [1.54, 1.807) is 18.5 Å². The molecule has 1 fully saturated rings. The van der Waals surface area contributed by atoms with E-state index in [1.165, 1.54) is 31.3 Å². The van der Waals surface area contributed by atoms with E-state index in [0.717, 1.165) is 11.1 Å². The second-order valence-electron chi connectivity index (χ2n) is 7.89. The SMILES string of the molecule is COc1cc(/C(O)=C2\C(=O)C(=O)N(Cc3cccnc3)C2c2cccc(C)c2)c(OC)cc1Cl. The molecule has 1 amide bonds. The molecule has 1 N–H and O–H groups in total. The highest BCUT2D eigenvalue weighted by molar-refractivity contribution is 6.46. The van der Waals surface area contributed by atoms with Crippen LogP contribution in [-0.4, -0.2) is 40.9 Å². The van der Waals surface area contributed by atoms with E-state index in [1.807, 2.05) is 37.3 Å². The summed E-state index contributed by atoms with van der Waals surface area (Å²) >= 11 is 6.21. The molecule has 34 heavy (non-hydrogen) atoms. The predicted molar refractivity (Wildman–Crippen MR) is 128 cm³/mol. The lowest BCUT2D eigenvalue weighted by molar-refractivity contribution is -0.140. The number of ketones is 1. The summed E-state index contributed by atoms with van der Waals surface area (Å²) in [5.41, 5.74) is 2.57. The first kappa shape index (κ1) is 23.3. The summed E-state index contributed by atoms with van der Waals surface area (Å²) in [6, 6.07) is 13.2. The molecule has 1 aromatic heterocycles. The first-order valence-corrected chi connectivity index (χ1v) is 10.9. The van der Waals surface area contributed by atoms with E-state index in [9.17, 15) is 14.7 Å². The van der Waals surface area contributed by atoms with Gasteiger partial charge in [0.05, 0.1) is 36.4 Å². The number of aryl methyl sites for hydroxylation is 1. The highest BCUT2D eigenvalue weighted by Gasteiger charge is 2.46. The zero-order chi connectivity index (χ0) is 24.4. The summed E-state index contributed by atoms with van der Waals surface area (Å²) in [5, 5.41) is 11.7. The Morgan fingerprint density at radius 3 is 2.50 bits per heavy atom. The molecule has 0 bridgehead atoms. The van der Waals surface area contributed by atoms with Crippen LogP contribution in [0.25, 0.3) is 5.76 Å². The van der Waals surface area contributed by atoms with Crippen LogP contribution in [-0.2, 0) is 16.1 Å². The number of hydrogen-bond donors (Lipinski definition) is 1. The van der Waals surface area contributed by atoms with Gasteiger partial charge < -0.3 is 19.5 Å². The molecule has 1 aliphatic rings.